The molecule has 1 aromatic rings. The maximum absolute atomic E-state index is 6.27. The average Bonchev–Trinajstić information content (AvgIpc) is 2.11. The van der Waals surface area contributed by atoms with E-state index >= 15 is 0 Å². The SMILES string of the molecule is Cc1cc(Cl)cc(O[Si](C)(C)C(C)(C)C)c1Br. The fourth-order valence-corrected chi connectivity index (χ4v) is 2.94. The van der Waals surface area contributed by atoms with Gasteiger partial charge in [0, 0.05) is 5.02 Å². The van der Waals surface area contributed by atoms with Gasteiger partial charge in [0.2, 0.25) is 0 Å². The maximum atomic E-state index is 6.27. The molecule has 0 N–H and O–H groups in total. The summed E-state index contributed by atoms with van der Waals surface area (Å²) in [5, 5.41) is 0.905. The monoisotopic (exact) mass is 334 g/mol. The third kappa shape index (κ3) is 3.49. The Bertz CT molecular complexity index is 424. The van der Waals surface area contributed by atoms with E-state index in [1.165, 1.54) is 0 Å². The van der Waals surface area contributed by atoms with Crippen LogP contribution in [-0.4, -0.2) is 8.32 Å². The molecule has 0 spiro atoms. The Morgan fingerprint density at radius 1 is 1.24 bits per heavy atom. The molecule has 0 unspecified atom stereocenters. The van der Waals surface area contributed by atoms with Crippen molar-refractivity contribution in [3.63, 3.8) is 0 Å². The van der Waals surface area contributed by atoms with Crippen LogP contribution >= 0.6 is 27.5 Å². The molecule has 96 valence electrons. The second kappa shape index (κ2) is 4.94. The molecule has 0 bridgehead atoms. The zero-order valence-electron chi connectivity index (χ0n) is 11.3. The normalized spacial score (nSPS) is 12.7. The van der Waals surface area contributed by atoms with Gasteiger partial charge in [0.05, 0.1) is 4.47 Å². The van der Waals surface area contributed by atoms with Crippen molar-refractivity contribution >= 4 is 35.8 Å². The molecule has 0 radical (unpaired) electrons. The topological polar surface area (TPSA) is 9.23 Å². The molecule has 0 fully saturated rings. The summed E-state index contributed by atoms with van der Waals surface area (Å²) < 4.78 is 7.27. The van der Waals surface area contributed by atoms with Crippen molar-refractivity contribution in [2.24, 2.45) is 0 Å². The van der Waals surface area contributed by atoms with Gasteiger partial charge in [0.15, 0.2) is 0 Å². The second-order valence-corrected chi connectivity index (χ2v) is 11.9. The fourth-order valence-electron chi connectivity index (χ4n) is 1.20. The Morgan fingerprint density at radius 3 is 2.24 bits per heavy atom. The number of halogens is 2. The summed E-state index contributed by atoms with van der Waals surface area (Å²) in [5.41, 5.74) is 1.10. The Balaban J connectivity index is 3.12. The van der Waals surface area contributed by atoms with Crippen molar-refractivity contribution in [3.8, 4) is 5.75 Å². The average molecular weight is 336 g/mol. The lowest BCUT2D eigenvalue weighted by molar-refractivity contribution is 0.489. The molecule has 0 atom stereocenters. The molecule has 0 aliphatic carbocycles. The fraction of sp³-hybridized carbons (Fsp3) is 0.538. The van der Waals surface area contributed by atoms with Crippen LogP contribution in [0.3, 0.4) is 0 Å². The molecule has 0 saturated heterocycles. The largest absolute Gasteiger partial charge is 0.543 e. The van der Waals surface area contributed by atoms with Crippen LogP contribution in [0, 0.1) is 6.92 Å². The van der Waals surface area contributed by atoms with Crippen LogP contribution in [-0.2, 0) is 0 Å². The number of hydrogen-bond donors (Lipinski definition) is 0. The van der Waals surface area contributed by atoms with E-state index in [1.807, 2.05) is 19.1 Å². The van der Waals surface area contributed by atoms with Gasteiger partial charge in [-0.05, 0) is 58.7 Å². The van der Waals surface area contributed by atoms with Crippen LogP contribution in [0.5, 0.6) is 5.75 Å². The molecule has 0 aromatic heterocycles. The third-order valence-electron chi connectivity index (χ3n) is 3.36. The number of hydrogen-bond acceptors (Lipinski definition) is 1. The number of benzene rings is 1. The van der Waals surface area contributed by atoms with E-state index in [9.17, 15) is 0 Å². The van der Waals surface area contributed by atoms with Gasteiger partial charge in [-0.25, -0.2) is 0 Å². The van der Waals surface area contributed by atoms with Gasteiger partial charge in [-0.3, -0.25) is 0 Å². The summed E-state index contributed by atoms with van der Waals surface area (Å²) in [5.74, 6) is 0.863. The third-order valence-corrected chi connectivity index (χ3v) is 8.93. The van der Waals surface area contributed by atoms with Crippen molar-refractivity contribution < 1.29 is 4.43 Å². The predicted molar refractivity (Wildman–Crippen MR) is 81.7 cm³/mol. The van der Waals surface area contributed by atoms with Crippen molar-refractivity contribution in [1.29, 1.82) is 0 Å². The minimum absolute atomic E-state index is 0.183. The summed E-state index contributed by atoms with van der Waals surface area (Å²) in [4.78, 5) is 0. The van der Waals surface area contributed by atoms with Gasteiger partial charge >= 0.3 is 0 Å². The number of rotatable bonds is 2. The van der Waals surface area contributed by atoms with Crippen LogP contribution in [0.4, 0.5) is 0 Å². The van der Waals surface area contributed by atoms with Crippen LogP contribution in [0.1, 0.15) is 26.3 Å². The lowest BCUT2D eigenvalue weighted by Crippen LogP contribution is -2.44. The molecule has 1 aromatic carbocycles. The standard InChI is InChI=1S/C13H20BrClOSi/c1-9-7-10(15)8-11(12(9)14)16-17(5,6)13(2,3)4/h7-8H,1-6H3. The zero-order valence-corrected chi connectivity index (χ0v) is 14.7. The van der Waals surface area contributed by atoms with E-state index < -0.39 is 8.32 Å². The van der Waals surface area contributed by atoms with Gasteiger partial charge < -0.3 is 4.43 Å². The predicted octanol–water partition coefficient (Wildman–Crippen LogP) is 5.79. The molecule has 1 nitrogen and oxygen atoms in total. The zero-order chi connectivity index (χ0) is 13.4. The molecular weight excluding hydrogens is 316 g/mol. The van der Waals surface area contributed by atoms with Crippen molar-refractivity contribution in [2.75, 3.05) is 0 Å². The van der Waals surface area contributed by atoms with Gasteiger partial charge in [-0.15, -0.1) is 0 Å². The summed E-state index contributed by atoms with van der Waals surface area (Å²) in [7, 11) is -1.81. The van der Waals surface area contributed by atoms with Gasteiger partial charge in [-0.2, -0.15) is 0 Å². The minimum Gasteiger partial charge on any atom is -0.543 e. The molecule has 4 heteroatoms. The first-order chi connectivity index (χ1) is 7.54. The highest BCUT2D eigenvalue weighted by molar-refractivity contribution is 9.10. The Morgan fingerprint density at radius 2 is 1.76 bits per heavy atom. The smallest absolute Gasteiger partial charge is 0.250 e. The lowest BCUT2D eigenvalue weighted by Gasteiger charge is -2.36. The molecule has 0 saturated carbocycles. The molecule has 1 rings (SSSR count). The quantitative estimate of drug-likeness (QED) is 0.621. The van der Waals surface area contributed by atoms with Gasteiger partial charge in [-0.1, -0.05) is 32.4 Å². The molecule has 0 aliphatic rings. The van der Waals surface area contributed by atoms with Gasteiger partial charge in [0.25, 0.3) is 8.32 Å². The van der Waals surface area contributed by atoms with E-state index in [0.717, 1.165) is 20.8 Å². The van der Waals surface area contributed by atoms with Gasteiger partial charge in [0.1, 0.15) is 5.75 Å². The van der Waals surface area contributed by atoms with Crippen molar-refractivity contribution in [2.45, 2.75) is 45.8 Å². The minimum atomic E-state index is -1.81. The first-order valence-electron chi connectivity index (χ1n) is 5.69. The summed E-state index contributed by atoms with van der Waals surface area (Å²) in [6.07, 6.45) is 0. The van der Waals surface area contributed by atoms with E-state index in [1.54, 1.807) is 0 Å². The van der Waals surface area contributed by atoms with E-state index in [4.69, 9.17) is 16.0 Å². The first-order valence-corrected chi connectivity index (χ1v) is 9.77. The van der Waals surface area contributed by atoms with Crippen molar-refractivity contribution in [1.82, 2.24) is 0 Å². The summed E-state index contributed by atoms with van der Waals surface area (Å²) >= 11 is 9.65. The molecule has 0 amide bonds. The molecule has 0 heterocycles. The highest BCUT2D eigenvalue weighted by atomic mass is 79.9. The Hall–Kier alpha value is 0.00688. The van der Waals surface area contributed by atoms with E-state index in [-0.39, 0.29) is 5.04 Å². The summed E-state index contributed by atoms with van der Waals surface area (Å²) in [6, 6.07) is 3.82. The number of aryl methyl sites for hydroxylation is 1. The maximum Gasteiger partial charge on any atom is 0.250 e. The van der Waals surface area contributed by atoms with E-state index in [0.29, 0.717) is 0 Å². The van der Waals surface area contributed by atoms with Crippen LogP contribution in [0.25, 0.3) is 0 Å². The summed E-state index contributed by atoms with van der Waals surface area (Å²) in [6.45, 7) is 13.2. The Labute approximate surface area is 119 Å². The van der Waals surface area contributed by atoms with Crippen molar-refractivity contribution in [3.05, 3.63) is 27.2 Å². The lowest BCUT2D eigenvalue weighted by atomic mass is 10.2. The van der Waals surface area contributed by atoms with E-state index in [2.05, 4.69) is 49.8 Å². The van der Waals surface area contributed by atoms with Crippen LogP contribution in [0.2, 0.25) is 23.2 Å². The molecule has 17 heavy (non-hydrogen) atoms. The second-order valence-electron chi connectivity index (χ2n) is 5.90. The molecular formula is C13H20BrClOSi. The van der Waals surface area contributed by atoms with Crippen LogP contribution < -0.4 is 4.43 Å². The van der Waals surface area contributed by atoms with Crippen LogP contribution in [0.15, 0.2) is 16.6 Å². The highest BCUT2D eigenvalue weighted by Crippen LogP contribution is 2.40. The Kier molecular flexibility index (Phi) is 4.38. The molecule has 0 aliphatic heterocycles. The highest BCUT2D eigenvalue weighted by Gasteiger charge is 2.39. The first kappa shape index (κ1) is 15.1.